The van der Waals surface area contributed by atoms with Gasteiger partial charge in [0.1, 0.15) is 5.82 Å². The fraction of sp³-hybridized carbons (Fsp3) is 0.577. The molecule has 1 aromatic heterocycles. The molecule has 0 unspecified atom stereocenters. The van der Waals surface area contributed by atoms with E-state index < -0.39 is 0 Å². The van der Waals surface area contributed by atoms with Crippen molar-refractivity contribution < 1.29 is 0 Å². The summed E-state index contributed by atoms with van der Waals surface area (Å²) in [6.45, 7) is 9.21. The Morgan fingerprint density at radius 3 is 2.39 bits per heavy atom. The monoisotopic (exact) mass is 440 g/mol. The van der Waals surface area contributed by atoms with Gasteiger partial charge in [0.15, 0.2) is 0 Å². The molecule has 0 N–H and O–H groups in total. The minimum absolute atomic E-state index is 0.556. The number of nitrogens with zero attached hydrogens (tertiary/aromatic N) is 4. The molecule has 2 saturated heterocycles. The summed E-state index contributed by atoms with van der Waals surface area (Å²) in [4.78, 5) is 12.5. The summed E-state index contributed by atoms with van der Waals surface area (Å²) in [5.41, 5.74) is 1.39. The second-order valence-electron chi connectivity index (χ2n) is 9.81. The van der Waals surface area contributed by atoms with Gasteiger partial charge in [0.25, 0.3) is 0 Å². The van der Waals surface area contributed by atoms with E-state index in [4.69, 9.17) is 11.6 Å². The number of rotatable bonds is 6. The van der Waals surface area contributed by atoms with Crippen LogP contribution in [0.5, 0.6) is 0 Å². The Hall–Kier alpha value is -1.62. The molecule has 2 fully saturated rings. The van der Waals surface area contributed by atoms with Crippen LogP contribution in [0.4, 0.5) is 5.82 Å². The van der Waals surface area contributed by atoms with Crippen LogP contribution in [0.15, 0.2) is 48.7 Å². The number of likely N-dealkylation sites (N-methyl/N-ethyl adjacent to an activating group) is 1. The topological polar surface area (TPSA) is 22.6 Å². The summed E-state index contributed by atoms with van der Waals surface area (Å²) in [6.07, 6.45) is 6.70. The zero-order valence-corrected chi connectivity index (χ0v) is 20.0. The molecule has 5 heteroatoms. The molecule has 2 aromatic rings. The molecule has 0 radical (unpaired) electrons. The van der Waals surface area contributed by atoms with Gasteiger partial charge in [-0.3, -0.25) is 4.90 Å². The molecule has 1 aromatic carbocycles. The predicted octanol–water partition coefficient (Wildman–Crippen LogP) is 4.98. The highest BCUT2D eigenvalue weighted by Gasteiger charge is 2.37. The Kier molecular flexibility index (Phi) is 7.52. The average molecular weight is 441 g/mol. The van der Waals surface area contributed by atoms with Crippen LogP contribution in [0.1, 0.15) is 38.7 Å². The number of hydrogen-bond donors (Lipinski definition) is 0. The Morgan fingerprint density at radius 1 is 1.00 bits per heavy atom. The van der Waals surface area contributed by atoms with E-state index in [0.29, 0.717) is 18.1 Å². The Bertz CT molecular complexity index is 802. The van der Waals surface area contributed by atoms with E-state index in [-0.39, 0.29) is 0 Å². The first-order valence-electron chi connectivity index (χ1n) is 11.9. The lowest BCUT2D eigenvalue weighted by molar-refractivity contribution is 0.00107. The van der Waals surface area contributed by atoms with Crippen molar-refractivity contribution in [1.29, 1.82) is 0 Å². The van der Waals surface area contributed by atoms with E-state index >= 15 is 0 Å². The van der Waals surface area contributed by atoms with Gasteiger partial charge in [0, 0.05) is 55.5 Å². The standard InChI is InChI=1S/C26H37ClN4/c1-20(2)16-24-19-31(23-11-14-30(15-12-23)26-6-4-5-13-28-26)25(18-29(24)3)17-21-7-9-22(27)10-8-21/h4-10,13,20,23-25H,11-12,14-19H2,1-3H3/t24-,25-/m0/s1. The Morgan fingerprint density at radius 2 is 1.74 bits per heavy atom. The van der Waals surface area contributed by atoms with Crippen molar-refractivity contribution in [2.45, 2.75) is 57.7 Å². The molecule has 4 nitrogen and oxygen atoms in total. The van der Waals surface area contributed by atoms with Crippen LogP contribution in [0.2, 0.25) is 5.02 Å². The van der Waals surface area contributed by atoms with Gasteiger partial charge in [-0.05, 0) is 68.5 Å². The summed E-state index contributed by atoms with van der Waals surface area (Å²) in [5, 5.41) is 0.820. The lowest BCUT2D eigenvalue weighted by Gasteiger charge is -2.50. The third-order valence-electron chi connectivity index (χ3n) is 7.05. The van der Waals surface area contributed by atoms with Crippen LogP contribution in [0.25, 0.3) is 0 Å². The van der Waals surface area contributed by atoms with Crippen molar-refractivity contribution >= 4 is 17.4 Å². The highest BCUT2D eigenvalue weighted by molar-refractivity contribution is 6.30. The van der Waals surface area contributed by atoms with Gasteiger partial charge >= 0.3 is 0 Å². The molecule has 4 rings (SSSR count). The molecule has 0 saturated carbocycles. The lowest BCUT2D eigenvalue weighted by atomic mass is 9.91. The third kappa shape index (κ3) is 5.79. The van der Waals surface area contributed by atoms with Crippen LogP contribution in [0.3, 0.4) is 0 Å². The van der Waals surface area contributed by atoms with E-state index in [1.165, 1.54) is 31.4 Å². The molecule has 0 spiro atoms. The van der Waals surface area contributed by atoms with E-state index in [1.807, 2.05) is 24.4 Å². The molecule has 168 valence electrons. The molecule has 31 heavy (non-hydrogen) atoms. The van der Waals surface area contributed by atoms with Gasteiger partial charge < -0.3 is 9.80 Å². The molecular weight excluding hydrogens is 404 g/mol. The smallest absolute Gasteiger partial charge is 0.128 e. The maximum atomic E-state index is 6.13. The number of hydrogen-bond acceptors (Lipinski definition) is 4. The van der Waals surface area contributed by atoms with Crippen molar-refractivity contribution in [3.63, 3.8) is 0 Å². The maximum absolute atomic E-state index is 6.13. The first-order valence-corrected chi connectivity index (χ1v) is 12.2. The van der Waals surface area contributed by atoms with E-state index in [0.717, 1.165) is 42.8 Å². The second-order valence-corrected chi connectivity index (χ2v) is 10.2. The molecule has 2 atom stereocenters. The van der Waals surface area contributed by atoms with Crippen molar-refractivity contribution in [2.24, 2.45) is 5.92 Å². The first-order chi connectivity index (χ1) is 15.0. The zero-order valence-electron chi connectivity index (χ0n) is 19.3. The summed E-state index contributed by atoms with van der Waals surface area (Å²) in [5.74, 6) is 1.85. The number of anilines is 1. The maximum Gasteiger partial charge on any atom is 0.128 e. The van der Waals surface area contributed by atoms with Gasteiger partial charge in [0.05, 0.1) is 0 Å². The van der Waals surface area contributed by atoms with Gasteiger partial charge in [-0.15, -0.1) is 0 Å². The third-order valence-corrected chi connectivity index (χ3v) is 7.30. The zero-order chi connectivity index (χ0) is 21.8. The summed E-state index contributed by atoms with van der Waals surface area (Å²) < 4.78 is 0. The minimum Gasteiger partial charge on any atom is -0.357 e. The molecule has 0 amide bonds. The van der Waals surface area contributed by atoms with Crippen molar-refractivity contribution in [2.75, 3.05) is 38.1 Å². The fourth-order valence-electron chi connectivity index (χ4n) is 5.41. The molecule has 2 aliphatic rings. The largest absolute Gasteiger partial charge is 0.357 e. The molecule has 3 heterocycles. The van der Waals surface area contributed by atoms with E-state index in [2.05, 4.69) is 64.8 Å². The molecular formula is C26H37ClN4. The second kappa shape index (κ2) is 10.3. The molecule has 0 aliphatic carbocycles. The van der Waals surface area contributed by atoms with Gasteiger partial charge in [-0.2, -0.15) is 0 Å². The van der Waals surface area contributed by atoms with Crippen LogP contribution >= 0.6 is 11.6 Å². The number of piperidine rings is 1. The summed E-state index contributed by atoms with van der Waals surface area (Å²) in [7, 11) is 2.32. The van der Waals surface area contributed by atoms with Gasteiger partial charge in [-0.1, -0.05) is 43.6 Å². The number of aromatic nitrogens is 1. The van der Waals surface area contributed by atoms with Crippen molar-refractivity contribution in [1.82, 2.24) is 14.8 Å². The Labute approximate surface area is 193 Å². The highest BCUT2D eigenvalue weighted by Crippen LogP contribution is 2.29. The number of piperazine rings is 1. The normalized spacial score (nSPS) is 24.1. The van der Waals surface area contributed by atoms with Gasteiger partial charge in [0.2, 0.25) is 0 Å². The van der Waals surface area contributed by atoms with E-state index in [1.54, 1.807) is 0 Å². The number of halogens is 1. The van der Waals surface area contributed by atoms with Crippen molar-refractivity contribution in [3.05, 3.63) is 59.2 Å². The fourth-order valence-corrected chi connectivity index (χ4v) is 5.53. The SMILES string of the molecule is CC(C)C[C@H]1CN(C2CCN(c3ccccn3)CC2)[C@@H](Cc2ccc(Cl)cc2)CN1C. The number of benzene rings is 1. The van der Waals surface area contributed by atoms with Crippen LogP contribution in [-0.4, -0.2) is 66.1 Å². The van der Waals surface area contributed by atoms with Crippen LogP contribution in [-0.2, 0) is 6.42 Å². The first kappa shape index (κ1) is 22.6. The minimum atomic E-state index is 0.556. The Balaban J connectivity index is 1.47. The summed E-state index contributed by atoms with van der Waals surface area (Å²) in [6, 6.07) is 16.5. The molecule has 2 aliphatic heterocycles. The summed E-state index contributed by atoms with van der Waals surface area (Å²) >= 11 is 6.13. The predicted molar refractivity (Wildman–Crippen MR) is 131 cm³/mol. The number of pyridine rings is 1. The lowest BCUT2D eigenvalue weighted by Crippen LogP contribution is -2.62. The van der Waals surface area contributed by atoms with E-state index in [9.17, 15) is 0 Å². The van der Waals surface area contributed by atoms with Crippen LogP contribution < -0.4 is 4.90 Å². The average Bonchev–Trinajstić information content (AvgIpc) is 2.78. The highest BCUT2D eigenvalue weighted by atomic mass is 35.5. The quantitative estimate of drug-likeness (QED) is 0.631. The van der Waals surface area contributed by atoms with Crippen LogP contribution in [0, 0.1) is 5.92 Å². The van der Waals surface area contributed by atoms with Crippen molar-refractivity contribution in [3.8, 4) is 0 Å². The van der Waals surface area contributed by atoms with Gasteiger partial charge in [-0.25, -0.2) is 4.98 Å². The molecule has 0 bridgehead atoms.